The predicted molar refractivity (Wildman–Crippen MR) is 73.1 cm³/mol. The molecule has 5 nitrogen and oxygen atoms in total. The van der Waals surface area contributed by atoms with Gasteiger partial charge in [-0.15, -0.1) is 0 Å². The summed E-state index contributed by atoms with van der Waals surface area (Å²) in [6.07, 6.45) is 2.52. The van der Waals surface area contributed by atoms with E-state index in [1.54, 1.807) is 0 Å². The van der Waals surface area contributed by atoms with Crippen LogP contribution >= 0.6 is 0 Å². The Hall–Kier alpha value is -1.10. The fourth-order valence-electron chi connectivity index (χ4n) is 1.74. The molecule has 0 heterocycles. The Balaban J connectivity index is 3.60. The van der Waals surface area contributed by atoms with E-state index in [1.807, 2.05) is 6.92 Å². The van der Waals surface area contributed by atoms with Gasteiger partial charge in [0.2, 0.25) is 11.8 Å². The first-order valence-corrected chi connectivity index (χ1v) is 6.70. The highest BCUT2D eigenvalue weighted by molar-refractivity contribution is 5.75. The topological polar surface area (TPSA) is 58.2 Å². The average Bonchev–Trinajstić information content (AvgIpc) is 2.30. The summed E-state index contributed by atoms with van der Waals surface area (Å²) in [7, 11) is 4.35. The van der Waals surface area contributed by atoms with Crippen LogP contribution in [0.3, 0.4) is 0 Å². The molecule has 0 aromatic rings. The van der Waals surface area contributed by atoms with E-state index in [1.165, 1.54) is 6.92 Å². The summed E-state index contributed by atoms with van der Waals surface area (Å²) < 4.78 is 0.918. The molecule has 0 aliphatic heterocycles. The summed E-state index contributed by atoms with van der Waals surface area (Å²) >= 11 is 0. The molecule has 0 radical (unpaired) electrons. The van der Waals surface area contributed by atoms with Crippen LogP contribution in [-0.4, -0.2) is 56.6 Å². The number of hydrogen-bond acceptors (Lipinski definition) is 2. The van der Waals surface area contributed by atoms with Crippen molar-refractivity contribution in [3.63, 3.8) is 0 Å². The molecule has 0 bridgehead atoms. The first-order valence-electron chi connectivity index (χ1n) is 6.70. The summed E-state index contributed by atoms with van der Waals surface area (Å²) in [5.41, 5.74) is 0. The molecular weight excluding hydrogens is 230 g/mol. The quantitative estimate of drug-likeness (QED) is 0.467. The normalized spacial score (nSPS) is 11.1. The monoisotopic (exact) mass is 258 g/mol. The van der Waals surface area contributed by atoms with E-state index in [0.29, 0.717) is 6.42 Å². The number of amides is 2. The van der Waals surface area contributed by atoms with Crippen LogP contribution in [-0.2, 0) is 9.59 Å². The Labute approximate surface area is 111 Å². The number of quaternary nitrogens is 1. The van der Waals surface area contributed by atoms with Gasteiger partial charge in [0.15, 0.2) is 0 Å². The molecule has 18 heavy (non-hydrogen) atoms. The Morgan fingerprint density at radius 3 is 1.94 bits per heavy atom. The third kappa shape index (κ3) is 10.1. The highest BCUT2D eigenvalue weighted by Crippen LogP contribution is 2.00. The van der Waals surface area contributed by atoms with Crippen molar-refractivity contribution in [2.45, 2.75) is 33.1 Å². The number of nitrogens with one attached hydrogen (secondary N) is 2. The van der Waals surface area contributed by atoms with E-state index in [9.17, 15) is 9.59 Å². The Morgan fingerprint density at radius 2 is 1.50 bits per heavy atom. The molecule has 106 valence electrons. The molecule has 0 aromatic heterocycles. The van der Waals surface area contributed by atoms with Crippen molar-refractivity contribution in [2.75, 3.05) is 40.3 Å². The summed E-state index contributed by atoms with van der Waals surface area (Å²) in [6, 6.07) is 0. The second-order valence-electron chi connectivity index (χ2n) is 5.28. The Morgan fingerprint density at radius 1 is 1.00 bits per heavy atom. The standard InChI is InChI=1S/C13H27N3O2/c1-5-13(18)15-9-7-11-16(3,4)10-6-8-14-12(2)17/h5-11H2,1-4H3,(H-,14,15,17,18)/p+1. The van der Waals surface area contributed by atoms with E-state index >= 15 is 0 Å². The van der Waals surface area contributed by atoms with Crippen LogP contribution in [0.15, 0.2) is 0 Å². The van der Waals surface area contributed by atoms with E-state index < -0.39 is 0 Å². The first kappa shape index (κ1) is 16.9. The molecular formula is C13H28N3O2+. The van der Waals surface area contributed by atoms with Gasteiger partial charge in [0, 0.05) is 39.3 Å². The molecule has 2 amide bonds. The molecule has 0 aromatic carbocycles. The number of nitrogens with zero attached hydrogens (tertiary/aromatic N) is 1. The van der Waals surface area contributed by atoms with Crippen molar-refractivity contribution in [1.29, 1.82) is 0 Å². The maximum absolute atomic E-state index is 11.1. The maximum Gasteiger partial charge on any atom is 0.219 e. The van der Waals surface area contributed by atoms with Gasteiger partial charge in [-0.05, 0) is 0 Å². The minimum absolute atomic E-state index is 0.0302. The fourth-order valence-corrected chi connectivity index (χ4v) is 1.74. The van der Waals surface area contributed by atoms with Crippen LogP contribution in [0, 0.1) is 0 Å². The summed E-state index contributed by atoms with van der Waals surface area (Å²) in [6.45, 7) is 6.95. The third-order valence-corrected chi connectivity index (χ3v) is 2.90. The zero-order valence-electron chi connectivity index (χ0n) is 12.2. The van der Waals surface area contributed by atoms with E-state index in [-0.39, 0.29) is 11.8 Å². The lowest BCUT2D eigenvalue weighted by Crippen LogP contribution is -2.43. The number of hydrogen-bond donors (Lipinski definition) is 2. The van der Waals surface area contributed by atoms with Gasteiger partial charge in [-0.25, -0.2) is 0 Å². The summed E-state index contributed by atoms with van der Waals surface area (Å²) in [4.78, 5) is 21.8. The van der Waals surface area contributed by atoms with Crippen LogP contribution in [0.2, 0.25) is 0 Å². The fraction of sp³-hybridized carbons (Fsp3) is 0.846. The molecule has 0 rings (SSSR count). The number of carbonyl (C=O) groups excluding carboxylic acids is 2. The first-order chi connectivity index (χ1) is 8.37. The lowest BCUT2D eigenvalue weighted by Gasteiger charge is -2.30. The van der Waals surface area contributed by atoms with Gasteiger partial charge in [-0.2, -0.15) is 0 Å². The zero-order valence-corrected chi connectivity index (χ0v) is 12.2. The maximum atomic E-state index is 11.1. The van der Waals surface area contributed by atoms with Gasteiger partial charge in [0.05, 0.1) is 27.2 Å². The van der Waals surface area contributed by atoms with Crippen LogP contribution in [0.4, 0.5) is 0 Å². The van der Waals surface area contributed by atoms with Gasteiger partial charge in [0.25, 0.3) is 0 Å². The highest BCUT2D eigenvalue weighted by Gasteiger charge is 2.13. The van der Waals surface area contributed by atoms with Crippen molar-refractivity contribution >= 4 is 11.8 Å². The molecule has 0 fully saturated rings. The van der Waals surface area contributed by atoms with Gasteiger partial charge in [-0.3, -0.25) is 9.59 Å². The molecule has 0 unspecified atom stereocenters. The predicted octanol–water partition coefficient (Wildman–Crippen LogP) is 0.505. The summed E-state index contributed by atoms with van der Waals surface area (Å²) in [5, 5.41) is 5.68. The van der Waals surface area contributed by atoms with Crippen LogP contribution in [0.1, 0.15) is 33.1 Å². The Kier molecular flexibility index (Phi) is 8.37. The molecule has 0 spiro atoms. The molecule has 0 saturated carbocycles. The highest BCUT2D eigenvalue weighted by atomic mass is 16.2. The van der Waals surface area contributed by atoms with Crippen molar-refractivity contribution in [3.05, 3.63) is 0 Å². The van der Waals surface area contributed by atoms with Gasteiger partial charge >= 0.3 is 0 Å². The van der Waals surface area contributed by atoms with Crippen molar-refractivity contribution < 1.29 is 14.1 Å². The minimum Gasteiger partial charge on any atom is -0.356 e. The molecule has 0 saturated heterocycles. The second-order valence-corrected chi connectivity index (χ2v) is 5.28. The lowest BCUT2D eigenvalue weighted by atomic mass is 10.3. The van der Waals surface area contributed by atoms with E-state index in [0.717, 1.165) is 43.5 Å². The van der Waals surface area contributed by atoms with E-state index in [4.69, 9.17) is 0 Å². The SMILES string of the molecule is CCC(=O)NCCC[N+](C)(C)CCCNC(C)=O. The largest absolute Gasteiger partial charge is 0.356 e. The smallest absolute Gasteiger partial charge is 0.219 e. The van der Waals surface area contributed by atoms with Crippen LogP contribution in [0.5, 0.6) is 0 Å². The molecule has 2 N–H and O–H groups in total. The van der Waals surface area contributed by atoms with Crippen molar-refractivity contribution in [1.82, 2.24) is 10.6 Å². The second kappa shape index (κ2) is 8.91. The van der Waals surface area contributed by atoms with E-state index in [2.05, 4.69) is 24.7 Å². The third-order valence-electron chi connectivity index (χ3n) is 2.90. The minimum atomic E-state index is 0.0302. The van der Waals surface area contributed by atoms with Gasteiger partial charge < -0.3 is 15.1 Å². The zero-order chi connectivity index (χ0) is 14.0. The van der Waals surface area contributed by atoms with Crippen LogP contribution in [0.25, 0.3) is 0 Å². The Bertz CT molecular complexity index is 265. The lowest BCUT2D eigenvalue weighted by molar-refractivity contribution is -0.890. The molecule has 0 atom stereocenters. The average molecular weight is 258 g/mol. The summed E-state index contributed by atoms with van der Waals surface area (Å²) in [5.74, 6) is 0.147. The molecule has 0 aliphatic rings. The van der Waals surface area contributed by atoms with Gasteiger partial charge in [0.1, 0.15) is 0 Å². The number of carbonyl (C=O) groups is 2. The molecule has 5 heteroatoms. The van der Waals surface area contributed by atoms with Gasteiger partial charge in [-0.1, -0.05) is 6.92 Å². The van der Waals surface area contributed by atoms with Crippen molar-refractivity contribution in [2.24, 2.45) is 0 Å². The number of rotatable bonds is 9. The van der Waals surface area contributed by atoms with Crippen molar-refractivity contribution in [3.8, 4) is 0 Å². The van der Waals surface area contributed by atoms with Crippen LogP contribution < -0.4 is 10.6 Å². The molecule has 0 aliphatic carbocycles.